The minimum absolute atomic E-state index is 0.369. The lowest BCUT2D eigenvalue weighted by molar-refractivity contribution is 0.0954. The van der Waals surface area contributed by atoms with Gasteiger partial charge in [-0.1, -0.05) is 0 Å². The average molecular weight is 270 g/mol. The van der Waals surface area contributed by atoms with Crippen LogP contribution in [0, 0.1) is 0 Å². The number of benzene rings is 1. The first kappa shape index (κ1) is 14.7. The van der Waals surface area contributed by atoms with Gasteiger partial charge in [-0.15, -0.1) is 0 Å². The van der Waals surface area contributed by atoms with Gasteiger partial charge < -0.3 is 4.74 Å². The van der Waals surface area contributed by atoms with E-state index < -0.39 is 20.4 Å². The van der Waals surface area contributed by atoms with Crippen LogP contribution in [-0.4, -0.2) is 31.8 Å². The quantitative estimate of drug-likeness (QED) is 0.769. The Kier molecular flexibility index (Phi) is 4.16. The highest BCUT2D eigenvalue weighted by atomic mass is 32.2. The van der Waals surface area contributed by atoms with Crippen LogP contribution in [-0.2, 0) is 9.84 Å². The van der Waals surface area contributed by atoms with Gasteiger partial charge in [-0.2, -0.15) is 0 Å². The summed E-state index contributed by atoms with van der Waals surface area (Å²) in [7, 11) is -3.45. The van der Waals surface area contributed by atoms with Gasteiger partial charge in [-0.05, 0) is 45.0 Å². The highest BCUT2D eigenvalue weighted by molar-refractivity contribution is 7.92. The second-order valence-corrected chi connectivity index (χ2v) is 7.13. The van der Waals surface area contributed by atoms with Gasteiger partial charge >= 0.3 is 0 Å². The fraction of sp³-hybridized carbons (Fsp3) is 0.462. The summed E-state index contributed by atoms with van der Waals surface area (Å²) in [5, 5.41) is 0. The van der Waals surface area contributed by atoms with Crippen LogP contribution in [0.3, 0.4) is 0 Å². The fourth-order valence-electron chi connectivity index (χ4n) is 1.39. The molecule has 0 bridgehead atoms. The monoisotopic (exact) mass is 270 g/mol. The zero-order valence-corrected chi connectivity index (χ0v) is 11.9. The molecule has 0 atom stereocenters. The largest absolute Gasteiger partial charge is 0.494 e. The Hall–Kier alpha value is -1.36. The molecule has 100 valence electrons. The summed E-state index contributed by atoms with van der Waals surface area (Å²) < 4.78 is 27.0. The summed E-state index contributed by atoms with van der Waals surface area (Å²) in [6.45, 7) is 5.25. The van der Waals surface area contributed by atoms with Crippen LogP contribution >= 0.6 is 0 Å². The first-order chi connectivity index (χ1) is 8.20. The van der Waals surface area contributed by atoms with Gasteiger partial charge in [-0.3, -0.25) is 4.79 Å². The van der Waals surface area contributed by atoms with Gasteiger partial charge in [0.25, 0.3) is 0 Å². The molecule has 0 saturated heterocycles. The molecule has 0 spiro atoms. The van der Waals surface area contributed by atoms with E-state index in [1.54, 1.807) is 24.3 Å². The molecule has 18 heavy (non-hydrogen) atoms. The number of rotatable bonds is 5. The van der Waals surface area contributed by atoms with E-state index in [9.17, 15) is 13.2 Å². The van der Waals surface area contributed by atoms with Gasteiger partial charge in [0.15, 0.2) is 15.6 Å². The highest BCUT2D eigenvalue weighted by Gasteiger charge is 2.38. The molecular weight excluding hydrogens is 252 g/mol. The normalized spacial score (nSPS) is 12.2. The van der Waals surface area contributed by atoms with Crippen LogP contribution in [0.15, 0.2) is 24.3 Å². The molecule has 0 unspecified atom stereocenters. The molecular formula is C13H18O4S. The van der Waals surface area contributed by atoms with Crippen molar-refractivity contribution in [2.75, 3.05) is 12.9 Å². The standard InChI is InChI=1S/C13H18O4S/c1-5-17-11-8-6-10(7-9-11)12(14)13(2,3)18(4,15)16/h6-9H,5H2,1-4H3. The number of carbonyl (C=O) groups excluding carboxylic acids is 1. The second-order valence-electron chi connectivity index (χ2n) is 4.57. The zero-order valence-electron chi connectivity index (χ0n) is 11.1. The van der Waals surface area contributed by atoms with E-state index in [4.69, 9.17) is 4.74 Å². The lowest BCUT2D eigenvalue weighted by Crippen LogP contribution is -2.39. The lowest BCUT2D eigenvalue weighted by atomic mass is 10.0. The third-order valence-corrected chi connectivity index (χ3v) is 4.94. The van der Waals surface area contributed by atoms with Crippen molar-refractivity contribution in [3.63, 3.8) is 0 Å². The van der Waals surface area contributed by atoms with Crippen molar-refractivity contribution in [3.8, 4) is 5.75 Å². The van der Waals surface area contributed by atoms with E-state index in [0.717, 1.165) is 6.26 Å². The van der Waals surface area contributed by atoms with Crippen LogP contribution in [0.4, 0.5) is 0 Å². The Balaban J connectivity index is 3.05. The lowest BCUT2D eigenvalue weighted by Gasteiger charge is -2.20. The number of Topliss-reactive ketones (excluding diaryl/α,β-unsaturated/α-hetero) is 1. The third-order valence-electron chi connectivity index (χ3n) is 2.90. The summed E-state index contributed by atoms with van der Waals surface area (Å²) in [6.07, 6.45) is 1.07. The molecule has 0 saturated carbocycles. The molecule has 1 aromatic rings. The van der Waals surface area contributed by atoms with Crippen LogP contribution < -0.4 is 4.74 Å². The Bertz CT molecular complexity index is 527. The molecule has 1 rings (SSSR count). The van der Waals surface area contributed by atoms with Gasteiger partial charge in [0.1, 0.15) is 10.5 Å². The van der Waals surface area contributed by atoms with Gasteiger partial charge in [0.05, 0.1) is 6.61 Å². The molecule has 4 nitrogen and oxygen atoms in total. The number of carbonyl (C=O) groups is 1. The van der Waals surface area contributed by atoms with E-state index in [1.165, 1.54) is 13.8 Å². The summed E-state index contributed by atoms with van der Waals surface area (Å²) in [5.74, 6) is 0.249. The van der Waals surface area contributed by atoms with E-state index in [-0.39, 0.29) is 0 Å². The third kappa shape index (κ3) is 2.90. The van der Waals surface area contributed by atoms with Crippen molar-refractivity contribution in [1.29, 1.82) is 0 Å². The van der Waals surface area contributed by atoms with Crippen molar-refractivity contribution >= 4 is 15.6 Å². The molecule has 0 N–H and O–H groups in total. The van der Waals surface area contributed by atoms with Crippen molar-refractivity contribution in [3.05, 3.63) is 29.8 Å². The maximum atomic E-state index is 12.2. The predicted molar refractivity (Wildman–Crippen MR) is 70.9 cm³/mol. The summed E-state index contributed by atoms with van der Waals surface area (Å²) in [4.78, 5) is 12.2. The molecule has 5 heteroatoms. The molecule has 0 heterocycles. The number of sulfone groups is 1. The number of hydrogen-bond acceptors (Lipinski definition) is 4. The highest BCUT2D eigenvalue weighted by Crippen LogP contribution is 2.23. The molecule has 0 aliphatic rings. The molecule has 0 aliphatic heterocycles. The van der Waals surface area contributed by atoms with E-state index in [0.29, 0.717) is 17.9 Å². The second kappa shape index (κ2) is 5.10. The first-order valence-corrected chi connectivity index (χ1v) is 7.56. The van der Waals surface area contributed by atoms with Crippen LogP contribution in [0.5, 0.6) is 5.75 Å². The van der Waals surface area contributed by atoms with Crippen molar-refractivity contribution in [1.82, 2.24) is 0 Å². The van der Waals surface area contributed by atoms with Crippen molar-refractivity contribution in [2.24, 2.45) is 0 Å². The van der Waals surface area contributed by atoms with Crippen LogP contribution in [0.2, 0.25) is 0 Å². The predicted octanol–water partition coefficient (Wildman–Crippen LogP) is 2.09. The molecule has 1 aromatic carbocycles. The van der Waals surface area contributed by atoms with Crippen LogP contribution in [0.25, 0.3) is 0 Å². The molecule has 0 amide bonds. The van der Waals surface area contributed by atoms with E-state index >= 15 is 0 Å². The topological polar surface area (TPSA) is 60.4 Å². The molecule has 0 fully saturated rings. The first-order valence-electron chi connectivity index (χ1n) is 5.67. The summed E-state index contributed by atoms with van der Waals surface area (Å²) >= 11 is 0. The SMILES string of the molecule is CCOc1ccc(C(=O)C(C)(C)S(C)(=O)=O)cc1. The molecule has 0 aromatic heterocycles. The van der Waals surface area contributed by atoms with Crippen molar-refractivity contribution in [2.45, 2.75) is 25.5 Å². The minimum atomic E-state index is -3.45. The number of hydrogen-bond donors (Lipinski definition) is 0. The number of ketones is 1. The maximum Gasteiger partial charge on any atom is 0.183 e. The smallest absolute Gasteiger partial charge is 0.183 e. The molecule has 0 radical (unpaired) electrons. The van der Waals surface area contributed by atoms with Gasteiger partial charge in [0, 0.05) is 11.8 Å². The van der Waals surface area contributed by atoms with Crippen LogP contribution in [0.1, 0.15) is 31.1 Å². The van der Waals surface area contributed by atoms with Gasteiger partial charge in [0.2, 0.25) is 0 Å². The Labute approximate surface area is 108 Å². The zero-order chi connectivity index (χ0) is 14.0. The van der Waals surface area contributed by atoms with E-state index in [2.05, 4.69) is 0 Å². The summed E-state index contributed by atoms with van der Waals surface area (Å²) in [6, 6.07) is 6.49. The van der Waals surface area contributed by atoms with Crippen molar-refractivity contribution < 1.29 is 17.9 Å². The minimum Gasteiger partial charge on any atom is -0.494 e. The van der Waals surface area contributed by atoms with E-state index in [1.807, 2.05) is 6.92 Å². The maximum absolute atomic E-state index is 12.2. The Morgan fingerprint density at radius 3 is 2.11 bits per heavy atom. The van der Waals surface area contributed by atoms with Gasteiger partial charge in [-0.25, -0.2) is 8.42 Å². The Morgan fingerprint density at radius 1 is 1.22 bits per heavy atom. The Morgan fingerprint density at radius 2 is 1.72 bits per heavy atom. The fourth-order valence-corrected chi connectivity index (χ4v) is 1.84. The average Bonchev–Trinajstić information content (AvgIpc) is 2.28. The summed E-state index contributed by atoms with van der Waals surface area (Å²) in [5.41, 5.74) is 0.369. The molecule has 0 aliphatic carbocycles. The number of ether oxygens (including phenoxy) is 1.